The van der Waals surface area contributed by atoms with Gasteiger partial charge in [0.15, 0.2) is 5.82 Å². The highest BCUT2D eigenvalue weighted by atomic mass is 16.5. The van der Waals surface area contributed by atoms with Crippen molar-refractivity contribution >= 4 is 11.7 Å². The summed E-state index contributed by atoms with van der Waals surface area (Å²) >= 11 is 0. The molecule has 0 aliphatic heterocycles. The number of H-pyrrole nitrogens is 1. The van der Waals surface area contributed by atoms with E-state index >= 15 is 0 Å². The number of hydrogen-bond donors (Lipinski definition) is 2. The normalized spacial score (nSPS) is 26.7. The summed E-state index contributed by atoms with van der Waals surface area (Å²) in [5, 5.41) is 10.2. The van der Waals surface area contributed by atoms with Crippen molar-refractivity contribution in [1.29, 1.82) is 0 Å². The number of ether oxygens (including phenoxy) is 1. The SMILES string of the molecule is Cc1c(NC(=O)[C@H](C)O[C@H]2CCC[C@H](C)C2)n[nH]c1C1CC1. The van der Waals surface area contributed by atoms with Crippen LogP contribution in [0.25, 0.3) is 0 Å². The maximum atomic E-state index is 12.3. The molecule has 122 valence electrons. The number of anilines is 1. The molecule has 22 heavy (non-hydrogen) atoms. The van der Waals surface area contributed by atoms with E-state index in [0.717, 1.165) is 18.4 Å². The van der Waals surface area contributed by atoms with Crippen molar-refractivity contribution < 1.29 is 9.53 Å². The zero-order valence-electron chi connectivity index (χ0n) is 13.8. The molecule has 0 spiro atoms. The monoisotopic (exact) mass is 305 g/mol. The molecule has 1 amide bonds. The second-order valence-electron chi connectivity index (χ2n) is 7.05. The maximum absolute atomic E-state index is 12.3. The largest absolute Gasteiger partial charge is 0.365 e. The molecule has 5 heteroatoms. The van der Waals surface area contributed by atoms with Gasteiger partial charge < -0.3 is 10.1 Å². The minimum Gasteiger partial charge on any atom is -0.365 e. The molecule has 0 saturated heterocycles. The molecule has 0 aromatic carbocycles. The van der Waals surface area contributed by atoms with E-state index in [2.05, 4.69) is 22.4 Å². The van der Waals surface area contributed by atoms with Crippen molar-refractivity contribution in [3.8, 4) is 0 Å². The van der Waals surface area contributed by atoms with Crippen molar-refractivity contribution in [2.75, 3.05) is 5.32 Å². The summed E-state index contributed by atoms with van der Waals surface area (Å²) in [5.74, 6) is 1.86. The molecular weight excluding hydrogens is 278 g/mol. The van der Waals surface area contributed by atoms with Crippen LogP contribution in [0.3, 0.4) is 0 Å². The number of aromatic nitrogens is 2. The lowest BCUT2D eigenvalue weighted by atomic mass is 9.88. The van der Waals surface area contributed by atoms with Gasteiger partial charge in [-0.25, -0.2) is 0 Å². The highest BCUT2D eigenvalue weighted by Gasteiger charge is 2.29. The highest BCUT2D eigenvalue weighted by Crippen LogP contribution is 2.41. The number of carbonyl (C=O) groups excluding carboxylic acids is 1. The molecule has 0 unspecified atom stereocenters. The van der Waals surface area contributed by atoms with Crippen molar-refractivity contribution in [3.63, 3.8) is 0 Å². The average Bonchev–Trinajstić information content (AvgIpc) is 3.25. The summed E-state index contributed by atoms with van der Waals surface area (Å²) < 4.78 is 5.95. The van der Waals surface area contributed by atoms with Gasteiger partial charge in [-0.15, -0.1) is 0 Å². The van der Waals surface area contributed by atoms with Gasteiger partial charge >= 0.3 is 0 Å². The number of amides is 1. The Kier molecular flexibility index (Phi) is 4.52. The Morgan fingerprint density at radius 2 is 2.14 bits per heavy atom. The third-order valence-corrected chi connectivity index (χ3v) is 4.93. The van der Waals surface area contributed by atoms with Gasteiger partial charge in [-0.2, -0.15) is 5.10 Å². The molecule has 0 bridgehead atoms. The molecule has 0 radical (unpaired) electrons. The van der Waals surface area contributed by atoms with Gasteiger partial charge in [0.25, 0.3) is 5.91 Å². The van der Waals surface area contributed by atoms with E-state index in [4.69, 9.17) is 4.74 Å². The summed E-state index contributed by atoms with van der Waals surface area (Å²) in [6, 6.07) is 0. The predicted octanol–water partition coefficient (Wildman–Crippen LogP) is 3.52. The van der Waals surface area contributed by atoms with E-state index in [1.807, 2.05) is 13.8 Å². The van der Waals surface area contributed by atoms with Crippen LogP contribution in [0.5, 0.6) is 0 Å². The third-order valence-electron chi connectivity index (χ3n) is 4.93. The second kappa shape index (κ2) is 6.41. The van der Waals surface area contributed by atoms with E-state index in [9.17, 15) is 4.79 Å². The Morgan fingerprint density at radius 3 is 2.82 bits per heavy atom. The minimum absolute atomic E-state index is 0.102. The molecule has 2 saturated carbocycles. The van der Waals surface area contributed by atoms with Gasteiger partial charge in [-0.05, 0) is 45.4 Å². The molecule has 2 N–H and O–H groups in total. The van der Waals surface area contributed by atoms with Crippen LogP contribution in [0, 0.1) is 12.8 Å². The number of hydrogen-bond acceptors (Lipinski definition) is 3. The van der Waals surface area contributed by atoms with Crippen LogP contribution in [0.2, 0.25) is 0 Å². The second-order valence-corrected chi connectivity index (χ2v) is 7.05. The van der Waals surface area contributed by atoms with Gasteiger partial charge in [0.1, 0.15) is 6.10 Å². The smallest absolute Gasteiger partial charge is 0.254 e. The minimum atomic E-state index is -0.434. The van der Waals surface area contributed by atoms with Gasteiger partial charge in [0.2, 0.25) is 0 Å². The van der Waals surface area contributed by atoms with Crippen molar-refractivity contribution in [1.82, 2.24) is 10.2 Å². The third kappa shape index (κ3) is 3.51. The zero-order valence-corrected chi connectivity index (χ0v) is 13.8. The summed E-state index contributed by atoms with van der Waals surface area (Å²) in [4.78, 5) is 12.3. The first-order valence-corrected chi connectivity index (χ1v) is 8.55. The van der Waals surface area contributed by atoms with Crippen molar-refractivity contribution in [2.24, 2.45) is 5.92 Å². The Labute approximate surface area is 132 Å². The zero-order chi connectivity index (χ0) is 15.7. The summed E-state index contributed by atoms with van der Waals surface area (Å²) in [7, 11) is 0. The molecule has 1 aromatic heterocycles. The first-order valence-electron chi connectivity index (χ1n) is 8.55. The number of aromatic amines is 1. The van der Waals surface area contributed by atoms with E-state index in [1.54, 1.807) is 0 Å². The van der Waals surface area contributed by atoms with E-state index in [-0.39, 0.29) is 12.0 Å². The van der Waals surface area contributed by atoms with Gasteiger partial charge in [0, 0.05) is 17.2 Å². The standard InChI is InChI=1S/C17H27N3O2/c1-10-5-4-6-14(9-10)22-12(3)17(21)18-16-11(2)15(19-20-16)13-7-8-13/h10,12-14H,4-9H2,1-3H3,(H2,18,19,20,21)/t10-,12-,14-/m0/s1. The predicted molar refractivity (Wildman–Crippen MR) is 85.9 cm³/mol. The van der Waals surface area contributed by atoms with E-state index < -0.39 is 6.10 Å². The molecule has 1 heterocycles. The molecular formula is C17H27N3O2. The van der Waals surface area contributed by atoms with E-state index in [1.165, 1.54) is 31.4 Å². The number of nitrogens with zero attached hydrogens (tertiary/aromatic N) is 1. The molecule has 2 aliphatic rings. The summed E-state index contributed by atoms with van der Waals surface area (Å²) in [6.45, 7) is 6.10. The molecule has 2 fully saturated rings. The fourth-order valence-corrected chi connectivity index (χ4v) is 3.37. The van der Waals surface area contributed by atoms with Crippen molar-refractivity contribution in [3.05, 3.63) is 11.3 Å². The van der Waals surface area contributed by atoms with Crippen LogP contribution in [-0.2, 0) is 9.53 Å². The molecule has 5 nitrogen and oxygen atoms in total. The van der Waals surface area contributed by atoms with Crippen molar-refractivity contribution in [2.45, 2.75) is 77.4 Å². The highest BCUT2D eigenvalue weighted by molar-refractivity contribution is 5.93. The summed E-state index contributed by atoms with van der Waals surface area (Å²) in [5.41, 5.74) is 2.24. The Morgan fingerprint density at radius 1 is 1.36 bits per heavy atom. The Bertz CT molecular complexity index is 536. The van der Waals surface area contributed by atoms with Gasteiger partial charge in [-0.1, -0.05) is 19.8 Å². The fourth-order valence-electron chi connectivity index (χ4n) is 3.37. The number of rotatable bonds is 5. The first kappa shape index (κ1) is 15.5. The molecule has 3 rings (SSSR count). The lowest BCUT2D eigenvalue weighted by Crippen LogP contribution is -2.33. The van der Waals surface area contributed by atoms with Crippen LogP contribution >= 0.6 is 0 Å². The fraction of sp³-hybridized carbons (Fsp3) is 0.765. The van der Waals surface area contributed by atoms with Crippen LogP contribution in [0.15, 0.2) is 0 Å². The average molecular weight is 305 g/mol. The Balaban J connectivity index is 1.54. The Hall–Kier alpha value is -1.36. The van der Waals surface area contributed by atoms with E-state index in [0.29, 0.717) is 17.7 Å². The first-order chi connectivity index (χ1) is 10.5. The lowest BCUT2D eigenvalue weighted by molar-refractivity contribution is -0.131. The van der Waals surface area contributed by atoms with Crippen LogP contribution in [0.4, 0.5) is 5.82 Å². The number of carbonyl (C=O) groups is 1. The van der Waals surface area contributed by atoms with Gasteiger partial charge in [0.05, 0.1) is 6.10 Å². The number of nitrogens with one attached hydrogen (secondary N) is 2. The van der Waals surface area contributed by atoms with Crippen LogP contribution in [0.1, 0.15) is 69.5 Å². The quantitative estimate of drug-likeness (QED) is 0.874. The summed E-state index contributed by atoms with van der Waals surface area (Å²) in [6.07, 6.45) is 6.81. The maximum Gasteiger partial charge on any atom is 0.254 e. The molecule has 1 aromatic rings. The van der Waals surface area contributed by atoms with Crippen LogP contribution in [-0.4, -0.2) is 28.3 Å². The van der Waals surface area contributed by atoms with Crippen LogP contribution < -0.4 is 5.32 Å². The molecule has 2 aliphatic carbocycles. The topological polar surface area (TPSA) is 67.0 Å². The lowest BCUT2D eigenvalue weighted by Gasteiger charge is -2.28. The molecule has 3 atom stereocenters. The van der Waals surface area contributed by atoms with Gasteiger partial charge in [-0.3, -0.25) is 9.89 Å².